The zero-order chi connectivity index (χ0) is 14.3. The van der Waals surface area contributed by atoms with E-state index >= 15 is 0 Å². The molecule has 19 heavy (non-hydrogen) atoms. The summed E-state index contributed by atoms with van der Waals surface area (Å²) in [7, 11) is 1.66. The van der Waals surface area contributed by atoms with Crippen molar-refractivity contribution in [2.75, 3.05) is 20.3 Å². The van der Waals surface area contributed by atoms with Crippen molar-refractivity contribution in [2.24, 2.45) is 5.92 Å². The quantitative estimate of drug-likeness (QED) is 0.553. The van der Waals surface area contributed by atoms with Gasteiger partial charge < -0.3 is 20.5 Å². The van der Waals surface area contributed by atoms with E-state index in [1.807, 2.05) is 0 Å². The number of unbranched alkanes of at least 4 members (excludes halogenated alkanes) is 2. The Balaban J connectivity index is 2.20. The van der Waals surface area contributed by atoms with Gasteiger partial charge in [-0.1, -0.05) is 0 Å². The Labute approximate surface area is 113 Å². The molecule has 0 aromatic heterocycles. The van der Waals surface area contributed by atoms with Crippen LogP contribution in [-0.2, 0) is 9.53 Å². The highest BCUT2D eigenvalue weighted by molar-refractivity contribution is 5.86. The van der Waals surface area contributed by atoms with Crippen molar-refractivity contribution >= 4 is 12.0 Å². The summed E-state index contributed by atoms with van der Waals surface area (Å²) in [6, 6.07) is -0.399. The number of rotatable bonds is 9. The Morgan fingerprint density at radius 3 is 2.53 bits per heavy atom. The molecule has 3 N–H and O–H groups in total. The van der Waals surface area contributed by atoms with Crippen molar-refractivity contribution < 1.29 is 19.4 Å². The van der Waals surface area contributed by atoms with Crippen molar-refractivity contribution in [1.82, 2.24) is 10.6 Å². The number of aliphatic carboxylic acids is 1. The maximum atomic E-state index is 11.7. The summed E-state index contributed by atoms with van der Waals surface area (Å²) in [4.78, 5) is 22.9. The van der Waals surface area contributed by atoms with Gasteiger partial charge in [0, 0.05) is 20.3 Å². The van der Waals surface area contributed by atoms with Crippen LogP contribution in [0.1, 0.15) is 39.0 Å². The Hall–Kier alpha value is -1.30. The van der Waals surface area contributed by atoms with Gasteiger partial charge in [0.25, 0.3) is 0 Å². The first-order chi connectivity index (χ1) is 9.00. The van der Waals surface area contributed by atoms with Crippen molar-refractivity contribution in [2.45, 2.75) is 44.6 Å². The summed E-state index contributed by atoms with van der Waals surface area (Å²) in [5, 5.41) is 14.5. The van der Waals surface area contributed by atoms with Gasteiger partial charge in [0.1, 0.15) is 5.54 Å². The van der Waals surface area contributed by atoms with Gasteiger partial charge in [0.15, 0.2) is 0 Å². The van der Waals surface area contributed by atoms with Crippen LogP contribution in [-0.4, -0.2) is 42.9 Å². The Bertz CT molecular complexity index is 318. The van der Waals surface area contributed by atoms with Crippen molar-refractivity contribution in [3.05, 3.63) is 0 Å². The summed E-state index contributed by atoms with van der Waals surface area (Å²) >= 11 is 0. The molecule has 1 aliphatic rings. The van der Waals surface area contributed by atoms with Gasteiger partial charge >= 0.3 is 12.0 Å². The van der Waals surface area contributed by atoms with E-state index < -0.39 is 17.5 Å². The van der Waals surface area contributed by atoms with Crippen LogP contribution in [0.5, 0.6) is 0 Å². The van der Waals surface area contributed by atoms with Crippen molar-refractivity contribution in [3.63, 3.8) is 0 Å². The van der Waals surface area contributed by atoms with Crippen LogP contribution in [0.3, 0.4) is 0 Å². The standard InChI is InChI=1S/C13H24N2O4/c1-13(11(16)17,10-6-7-10)15-12(18)14-8-4-3-5-9-19-2/h10H,3-9H2,1-2H3,(H,16,17)(H2,14,15,18). The van der Waals surface area contributed by atoms with Gasteiger partial charge in [-0.25, -0.2) is 9.59 Å². The number of ether oxygens (including phenoxy) is 1. The molecule has 1 atom stereocenters. The second-order valence-electron chi connectivity index (χ2n) is 5.22. The minimum atomic E-state index is -1.14. The number of carbonyl (C=O) groups excluding carboxylic acids is 1. The predicted molar refractivity (Wildman–Crippen MR) is 71.0 cm³/mol. The fourth-order valence-corrected chi connectivity index (χ4v) is 2.02. The van der Waals surface area contributed by atoms with Crippen molar-refractivity contribution in [1.29, 1.82) is 0 Å². The zero-order valence-electron chi connectivity index (χ0n) is 11.7. The number of hydrogen-bond acceptors (Lipinski definition) is 3. The van der Waals surface area contributed by atoms with Gasteiger partial charge in [-0.05, 0) is 44.9 Å². The maximum absolute atomic E-state index is 11.7. The van der Waals surface area contributed by atoms with Crippen LogP contribution in [0, 0.1) is 5.92 Å². The first-order valence-corrected chi connectivity index (χ1v) is 6.79. The number of urea groups is 1. The van der Waals surface area contributed by atoms with Crippen LogP contribution < -0.4 is 10.6 Å². The Kier molecular flexibility index (Phi) is 6.08. The minimum absolute atomic E-state index is 0.0532. The molecule has 0 aromatic rings. The highest BCUT2D eigenvalue weighted by Gasteiger charge is 2.48. The molecule has 0 heterocycles. The number of carbonyl (C=O) groups is 2. The van der Waals surface area contributed by atoms with Gasteiger partial charge in [0.05, 0.1) is 0 Å². The Morgan fingerprint density at radius 1 is 1.32 bits per heavy atom. The lowest BCUT2D eigenvalue weighted by atomic mass is 9.96. The number of amides is 2. The number of carboxylic acids is 1. The average Bonchev–Trinajstić information content (AvgIpc) is 3.17. The molecule has 1 aliphatic carbocycles. The SMILES string of the molecule is COCCCCCNC(=O)NC(C)(C(=O)O)C1CC1. The number of nitrogens with one attached hydrogen (secondary N) is 2. The third-order valence-electron chi connectivity index (χ3n) is 3.52. The Morgan fingerprint density at radius 2 is 2.00 bits per heavy atom. The third-order valence-corrected chi connectivity index (χ3v) is 3.52. The lowest BCUT2D eigenvalue weighted by Gasteiger charge is -2.26. The van der Waals surface area contributed by atoms with E-state index in [1.165, 1.54) is 0 Å². The van der Waals surface area contributed by atoms with E-state index in [4.69, 9.17) is 4.74 Å². The van der Waals surface area contributed by atoms with Gasteiger partial charge in [-0.15, -0.1) is 0 Å². The highest BCUT2D eigenvalue weighted by Crippen LogP contribution is 2.39. The molecule has 0 aromatic carbocycles. The zero-order valence-corrected chi connectivity index (χ0v) is 11.7. The molecule has 6 heteroatoms. The van der Waals surface area contributed by atoms with Crippen LogP contribution in [0.2, 0.25) is 0 Å². The van der Waals surface area contributed by atoms with E-state index in [1.54, 1.807) is 14.0 Å². The molecule has 1 fully saturated rings. The van der Waals surface area contributed by atoms with Crippen LogP contribution in [0.15, 0.2) is 0 Å². The van der Waals surface area contributed by atoms with Gasteiger partial charge in [-0.3, -0.25) is 0 Å². The minimum Gasteiger partial charge on any atom is -0.480 e. The molecule has 0 aliphatic heterocycles. The van der Waals surface area contributed by atoms with E-state index in [0.717, 1.165) is 38.7 Å². The molecule has 0 saturated heterocycles. The number of hydrogen-bond donors (Lipinski definition) is 3. The summed E-state index contributed by atoms with van der Waals surface area (Å²) < 4.78 is 4.93. The molecule has 2 amide bonds. The molecular formula is C13H24N2O4. The average molecular weight is 272 g/mol. The monoisotopic (exact) mass is 272 g/mol. The van der Waals surface area contributed by atoms with Gasteiger partial charge in [-0.2, -0.15) is 0 Å². The number of carboxylic acid groups (broad SMARTS) is 1. The molecule has 0 spiro atoms. The van der Waals surface area contributed by atoms with E-state index in [-0.39, 0.29) is 5.92 Å². The topological polar surface area (TPSA) is 87.7 Å². The summed E-state index contributed by atoms with van der Waals surface area (Å²) in [6.45, 7) is 2.85. The summed E-state index contributed by atoms with van der Waals surface area (Å²) in [6.07, 6.45) is 4.53. The molecule has 0 bridgehead atoms. The molecular weight excluding hydrogens is 248 g/mol. The highest BCUT2D eigenvalue weighted by atomic mass is 16.5. The van der Waals surface area contributed by atoms with E-state index in [2.05, 4.69) is 10.6 Å². The summed E-state index contributed by atoms with van der Waals surface area (Å²) in [5.41, 5.74) is -1.14. The molecule has 0 radical (unpaired) electrons. The third kappa shape index (κ3) is 5.06. The lowest BCUT2D eigenvalue weighted by Crippen LogP contribution is -2.56. The van der Waals surface area contributed by atoms with E-state index in [9.17, 15) is 14.7 Å². The smallest absolute Gasteiger partial charge is 0.329 e. The van der Waals surface area contributed by atoms with Crippen molar-refractivity contribution in [3.8, 4) is 0 Å². The molecule has 1 saturated carbocycles. The van der Waals surface area contributed by atoms with Crippen LogP contribution >= 0.6 is 0 Å². The molecule has 1 rings (SSSR count). The van der Waals surface area contributed by atoms with E-state index in [0.29, 0.717) is 6.54 Å². The van der Waals surface area contributed by atoms with Crippen LogP contribution in [0.25, 0.3) is 0 Å². The predicted octanol–water partition coefficient (Wildman–Crippen LogP) is 1.36. The maximum Gasteiger partial charge on any atom is 0.329 e. The van der Waals surface area contributed by atoms with Crippen LogP contribution in [0.4, 0.5) is 4.79 Å². The molecule has 1 unspecified atom stereocenters. The molecule has 6 nitrogen and oxygen atoms in total. The number of methoxy groups -OCH3 is 1. The summed E-state index contributed by atoms with van der Waals surface area (Å²) in [5.74, 6) is -0.914. The fraction of sp³-hybridized carbons (Fsp3) is 0.846. The lowest BCUT2D eigenvalue weighted by molar-refractivity contribution is -0.144. The first kappa shape index (κ1) is 15.8. The second-order valence-corrected chi connectivity index (χ2v) is 5.22. The van der Waals surface area contributed by atoms with Gasteiger partial charge in [0.2, 0.25) is 0 Å². The second kappa shape index (κ2) is 7.33. The largest absolute Gasteiger partial charge is 0.480 e. The molecule has 110 valence electrons. The normalized spacial score (nSPS) is 17.6. The first-order valence-electron chi connectivity index (χ1n) is 6.79. The fourth-order valence-electron chi connectivity index (χ4n) is 2.02.